The summed E-state index contributed by atoms with van der Waals surface area (Å²) in [6.45, 7) is 11.6. The van der Waals surface area contributed by atoms with Crippen LogP contribution in [0.25, 0.3) is 0 Å². The lowest BCUT2D eigenvalue weighted by atomic mass is 9.88. The third kappa shape index (κ3) is 6.44. The second-order valence-electron chi connectivity index (χ2n) is 12.4. The Morgan fingerprint density at radius 1 is 1.03 bits per heavy atom. The molecule has 1 aromatic carbocycles. The summed E-state index contributed by atoms with van der Waals surface area (Å²) in [5.74, 6) is 1.09. The zero-order chi connectivity index (χ0) is 26.1. The van der Waals surface area contributed by atoms with Crippen LogP contribution in [0.4, 0.5) is 17.3 Å². The maximum Gasteiger partial charge on any atom is 0.259 e. The van der Waals surface area contributed by atoms with Crippen LogP contribution in [0.1, 0.15) is 87.4 Å². The number of nitrogens with one attached hydrogen (secondary N) is 2. The normalized spacial score (nSPS) is 17.1. The number of anilines is 3. The van der Waals surface area contributed by atoms with E-state index < -0.39 is 5.54 Å². The number of hydrogen-bond donors (Lipinski definition) is 3. The van der Waals surface area contributed by atoms with Crippen molar-refractivity contribution in [2.75, 3.05) is 35.2 Å². The van der Waals surface area contributed by atoms with Gasteiger partial charge >= 0.3 is 0 Å². The van der Waals surface area contributed by atoms with Crippen LogP contribution in [0.15, 0.2) is 36.4 Å². The number of benzene rings is 1. The molecule has 1 amide bonds. The van der Waals surface area contributed by atoms with Crippen molar-refractivity contribution in [3.63, 3.8) is 0 Å². The Bertz CT molecular complexity index is 1120. The molecule has 2 fully saturated rings. The molecule has 0 unspecified atom stereocenters. The minimum atomic E-state index is -0.534. The smallest absolute Gasteiger partial charge is 0.259 e. The zero-order valence-corrected chi connectivity index (χ0v) is 22.3. The van der Waals surface area contributed by atoms with Gasteiger partial charge in [-0.2, -0.15) is 0 Å². The highest BCUT2D eigenvalue weighted by atomic mass is 16.3. The topological polar surface area (TPSA) is 94.6 Å². The SMILES string of the molecule is CC(C)(C)CC(=O)c1cccc(NC(=O)c2ccc(NC(C)(C)CO)nc2N2CCC3(CC2)CC3)c1. The Kier molecular flexibility index (Phi) is 7.15. The van der Waals surface area contributed by atoms with Crippen LogP contribution in [0, 0.1) is 10.8 Å². The summed E-state index contributed by atoms with van der Waals surface area (Å²) in [7, 11) is 0. The highest BCUT2D eigenvalue weighted by Gasteiger charge is 2.45. The zero-order valence-electron chi connectivity index (χ0n) is 22.3. The Morgan fingerprint density at radius 3 is 2.33 bits per heavy atom. The van der Waals surface area contributed by atoms with Gasteiger partial charge in [0.05, 0.1) is 17.7 Å². The van der Waals surface area contributed by atoms with Crippen LogP contribution < -0.4 is 15.5 Å². The van der Waals surface area contributed by atoms with Crippen molar-refractivity contribution in [2.45, 2.75) is 72.3 Å². The molecule has 2 aromatic rings. The van der Waals surface area contributed by atoms with E-state index in [1.807, 2.05) is 34.6 Å². The van der Waals surface area contributed by atoms with E-state index >= 15 is 0 Å². The summed E-state index contributed by atoms with van der Waals surface area (Å²) >= 11 is 0. The van der Waals surface area contributed by atoms with Gasteiger partial charge in [0.2, 0.25) is 0 Å². The molecule has 7 heteroatoms. The molecule has 1 aliphatic heterocycles. The van der Waals surface area contributed by atoms with E-state index in [9.17, 15) is 14.7 Å². The van der Waals surface area contributed by atoms with Crippen LogP contribution >= 0.6 is 0 Å². The van der Waals surface area contributed by atoms with Crippen LogP contribution in [0.3, 0.4) is 0 Å². The number of aromatic nitrogens is 1. The number of amides is 1. The van der Waals surface area contributed by atoms with Gasteiger partial charge in [0, 0.05) is 30.8 Å². The van der Waals surface area contributed by atoms with Crippen molar-refractivity contribution in [3.05, 3.63) is 47.5 Å². The maximum atomic E-state index is 13.5. The Balaban J connectivity index is 1.57. The van der Waals surface area contributed by atoms with Crippen LogP contribution in [-0.2, 0) is 0 Å². The highest BCUT2D eigenvalue weighted by molar-refractivity contribution is 6.08. The number of Topliss-reactive ketones (excluding diaryl/α,β-unsaturated/α-hetero) is 1. The molecule has 7 nitrogen and oxygen atoms in total. The molecule has 36 heavy (non-hydrogen) atoms. The van der Waals surface area contributed by atoms with Crippen molar-refractivity contribution < 1.29 is 14.7 Å². The number of rotatable bonds is 8. The van der Waals surface area contributed by atoms with E-state index in [2.05, 4.69) is 15.5 Å². The average Bonchev–Trinajstić information content (AvgIpc) is 3.57. The molecule has 194 valence electrons. The van der Waals surface area contributed by atoms with Crippen molar-refractivity contribution >= 4 is 29.0 Å². The standard InChI is InChI=1S/C29H40N4O3/c1-27(2,3)18-23(35)20-7-6-8-21(17-20)30-26(36)22-9-10-24(32-28(4,5)19-34)31-25(22)33-15-13-29(11-12-29)14-16-33/h6-10,17,34H,11-16,18-19H2,1-5H3,(H,30,36)(H,31,32). The van der Waals surface area contributed by atoms with Crippen molar-refractivity contribution in [2.24, 2.45) is 10.8 Å². The number of aliphatic hydroxyl groups excluding tert-OH is 1. The van der Waals surface area contributed by atoms with Gasteiger partial charge in [0.15, 0.2) is 5.78 Å². The second kappa shape index (κ2) is 9.85. The minimum absolute atomic E-state index is 0.0389. The molecule has 2 heterocycles. The second-order valence-corrected chi connectivity index (χ2v) is 12.4. The fourth-order valence-electron chi connectivity index (χ4n) is 4.74. The largest absolute Gasteiger partial charge is 0.394 e. The number of ketones is 1. The first-order valence-electron chi connectivity index (χ1n) is 13.0. The number of carbonyl (C=O) groups is 2. The number of pyridine rings is 1. The van der Waals surface area contributed by atoms with Crippen LogP contribution in [0.2, 0.25) is 0 Å². The molecule has 1 saturated carbocycles. The van der Waals surface area contributed by atoms with E-state index in [1.165, 1.54) is 12.8 Å². The van der Waals surface area contributed by atoms with Gasteiger partial charge < -0.3 is 20.6 Å². The van der Waals surface area contributed by atoms with E-state index in [1.54, 1.807) is 36.4 Å². The van der Waals surface area contributed by atoms with E-state index in [0.717, 1.165) is 25.9 Å². The van der Waals surface area contributed by atoms with Gasteiger partial charge in [0.25, 0.3) is 5.91 Å². The quantitative estimate of drug-likeness (QED) is 0.420. The van der Waals surface area contributed by atoms with Gasteiger partial charge in [-0.05, 0) is 74.6 Å². The molecular weight excluding hydrogens is 452 g/mol. The van der Waals surface area contributed by atoms with Gasteiger partial charge in [-0.3, -0.25) is 9.59 Å². The molecule has 2 aliphatic rings. The fraction of sp³-hybridized carbons (Fsp3) is 0.552. The summed E-state index contributed by atoms with van der Waals surface area (Å²) in [4.78, 5) is 33.2. The van der Waals surface area contributed by atoms with Crippen LogP contribution in [-0.4, -0.2) is 47.0 Å². The summed E-state index contributed by atoms with van der Waals surface area (Å²) in [5.41, 5.74) is 1.55. The maximum absolute atomic E-state index is 13.5. The summed E-state index contributed by atoms with van der Waals surface area (Å²) in [6, 6.07) is 10.7. The van der Waals surface area contributed by atoms with E-state index in [-0.39, 0.29) is 23.7 Å². The molecular formula is C29H40N4O3. The third-order valence-corrected chi connectivity index (χ3v) is 7.20. The molecule has 0 radical (unpaired) electrons. The third-order valence-electron chi connectivity index (χ3n) is 7.20. The Morgan fingerprint density at radius 2 is 1.72 bits per heavy atom. The summed E-state index contributed by atoms with van der Waals surface area (Å²) in [6.07, 6.45) is 5.28. The van der Waals surface area contributed by atoms with Gasteiger partial charge in [0.1, 0.15) is 11.6 Å². The predicted molar refractivity (Wildman–Crippen MR) is 145 cm³/mol. The lowest BCUT2D eigenvalue weighted by Crippen LogP contribution is -2.38. The molecule has 1 aliphatic carbocycles. The Labute approximate surface area is 214 Å². The van der Waals surface area contributed by atoms with Gasteiger partial charge in [-0.25, -0.2) is 4.98 Å². The molecule has 0 atom stereocenters. The first-order chi connectivity index (χ1) is 16.9. The summed E-state index contributed by atoms with van der Waals surface area (Å²) in [5, 5.41) is 15.9. The van der Waals surface area contributed by atoms with Crippen molar-refractivity contribution in [1.82, 2.24) is 4.98 Å². The lowest BCUT2D eigenvalue weighted by molar-refractivity contribution is 0.0938. The molecule has 1 aromatic heterocycles. The molecule has 1 saturated heterocycles. The minimum Gasteiger partial charge on any atom is -0.394 e. The fourth-order valence-corrected chi connectivity index (χ4v) is 4.74. The molecule has 4 rings (SSSR count). The van der Waals surface area contributed by atoms with E-state index in [0.29, 0.717) is 40.3 Å². The predicted octanol–water partition coefficient (Wildman–Crippen LogP) is 5.52. The van der Waals surface area contributed by atoms with E-state index in [4.69, 9.17) is 4.98 Å². The number of piperidine rings is 1. The first kappa shape index (κ1) is 26.1. The number of nitrogens with zero attached hydrogens (tertiary/aromatic N) is 2. The van der Waals surface area contributed by atoms with Crippen molar-refractivity contribution in [1.29, 1.82) is 0 Å². The molecule has 0 bridgehead atoms. The monoisotopic (exact) mass is 492 g/mol. The average molecular weight is 493 g/mol. The van der Waals surface area contributed by atoms with Crippen molar-refractivity contribution in [3.8, 4) is 0 Å². The summed E-state index contributed by atoms with van der Waals surface area (Å²) < 4.78 is 0. The lowest BCUT2D eigenvalue weighted by Gasteiger charge is -2.34. The van der Waals surface area contributed by atoms with Gasteiger partial charge in [-0.1, -0.05) is 32.9 Å². The number of hydrogen-bond acceptors (Lipinski definition) is 6. The number of carbonyl (C=O) groups excluding carboxylic acids is 2. The molecule has 1 spiro atoms. The molecule has 3 N–H and O–H groups in total. The van der Waals surface area contributed by atoms with Crippen LogP contribution in [0.5, 0.6) is 0 Å². The first-order valence-corrected chi connectivity index (χ1v) is 13.0. The highest BCUT2D eigenvalue weighted by Crippen LogP contribution is 2.54. The van der Waals surface area contributed by atoms with Gasteiger partial charge in [-0.15, -0.1) is 0 Å². The Hall–Kier alpha value is -2.93. The number of aliphatic hydroxyl groups is 1.